The summed E-state index contributed by atoms with van der Waals surface area (Å²) in [7, 11) is 0. The minimum atomic E-state index is -0.324. The Labute approximate surface area is 192 Å². The molecular formula is C28H38O4. The van der Waals surface area contributed by atoms with Crippen molar-refractivity contribution in [3.63, 3.8) is 0 Å². The first kappa shape index (κ1) is 22.1. The largest absolute Gasteiger partial charge is 0.458 e. The van der Waals surface area contributed by atoms with Crippen molar-refractivity contribution in [2.75, 3.05) is 6.61 Å². The number of ketones is 1. The maximum Gasteiger partial charge on any atom is 0.336 e. The molecule has 8 atom stereocenters. The van der Waals surface area contributed by atoms with Crippen molar-refractivity contribution in [2.24, 2.45) is 40.4 Å². The first-order chi connectivity index (χ1) is 15.2. The zero-order valence-corrected chi connectivity index (χ0v) is 20.0. The molecule has 174 valence electrons. The third kappa shape index (κ3) is 3.12. The SMILES string of the molecule is CC1=C(CO)C(=O)OC(C(C)C2CCC3C4CCC5=CC(=O)C=CC5(C)C4CCC23C)C1. The second kappa shape index (κ2) is 7.68. The van der Waals surface area contributed by atoms with Gasteiger partial charge in [0.05, 0.1) is 12.2 Å². The van der Waals surface area contributed by atoms with Crippen molar-refractivity contribution in [2.45, 2.75) is 78.7 Å². The molecule has 3 saturated carbocycles. The van der Waals surface area contributed by atoms with E-state index >= 15 is 0 Å². The van der Waals surface area contributed by atoms with Gasteiger partial charge >= 0.3 is 5.97 Å². The summed E-state index contributed by atoms with van der Waals surface area (Å²) in [5.41, 5.74) is 3.12. The molecule has 4 aliphatic carbocycles. The lowest BCUT2D eigenvalue weighted by Gasteiger charge is -2.57. The van der Waals surface area contributed by atoms with E-state index in [0.29, 0.717) is 35.2 Å². The number of hydrogen-bond donors (Lipinski definition) is 1. The van der Waals surface area contributed by atoms with Crippen LogP contribution in [0.25, 0.3) is 0 Å². The van der Waals surface area contributed by atoms with E-state index in [-0.39, 0.29) is 35.3 Å². The third-order valence-corrected chi connectivity index (χ3v) is 10.5. The topological polar surface area (TPSA) is 63.6 Å². The smallest absolute Gasteiger partial charge is 0.336 e. The Morgan fingerprint density at radius 1 is 1.16 bits per heavy atom. The molecule has 1 aliphatic heterocycles. The fourth-order valence-electron chi connectivity index (χ4n) is 8.70. The number of hydrogen-bond acceptors (Lipinski definition) is 4. The van der Waals surface area contributed by atoms with Crippen molar-refractivity contribution in [1.29, 1.82) is 0 Å². The van der Waals surface area contributed by atoms with E-state index in [1.54, 1.807) is 6.08 Å². The molecule has 8 unspecified atom stereocenters. The summed E-state index contributed by atoms with van der Waals surface area (Å²) in [5.74, 6) is 2.76. The first-order valence-electron chi connectivity index (χ1n) is 12.6. The number of aliphatic hydroxyl groups is 1. The van der Waals surface area contributed by atoms with E-state index in [4.69, 9.17) is 4.74 Å². The molecule has 3 fully saturated rings. The number of carbonyl (C=O) groups is 2. The standard InChI is InChI=1S/C28H38O4/c1-16-13-25(32-26(31)21(16)15-29)17(2)22-7-8-23-20-6-5-18-14-19(30)9-11-27(18,3)24(20)10-12-28(22,23)4/h9,11,14,17,20,22-25,29H,5-8,10,12-13,15H2,1-4H3. The summed E-state index contributed by atoms with van der Waals surface area (Å²) >= 11 is 0. The van der Waals surface area contributed by atoms with Crippen LogP contribution in [-0.2, 0) is 14.3 Å². The maximum atomic E-state index is 12.4. The van der Waals surface area contributed by atoms with E-state index in [1.165, 1.54) is 37.7 Å². The molecule has 5 rings (SSSR count). The molecule has 32 heavy (non-hydrogen) atoms. The van der Waals surface area contributed by atoms with E-state index in [9.17, 15) is 14.7 Å². The predicted molar refractivity (Wildman–Crippen MR) is 124 cm³/mol. The summed E-state index contributed by atoms with van der Waals surface area (Å²) in [4.78, 5) is 24.4. The number of allylic oxidation sites excluding steroid dienone is 4. The third-order valence-electron chi connectivity index (χ3n) is 10.5. The molecule has 4 heteroatoms. The lowest BCUT2D eigenvalue weighted by molar-refractivity contribution is -0.152. The molecule has 0 radical (unpaired) electrons. The van der Waals surface area contributed by atoms with Crippen molar-refractivity contribution in [3.8, 4) is 0 Å². The van der Waals surface area contributed by atoms with Gasteiger partial charge in [-0.1, -0.05) is 38.0 Å². The van der Waals surface area contributed by atoms with Crippen LogP contribution in [0.15, 0.2) is 34.9 Å². The van der Waals surface area contributed by atoms with Gasteiger partial charge in [-0.15, -0.1) is 0 Å². The van der Waals surface area contributed by atoms with Gasteiger partial charge in [-0.3, -0.25) is 4.79 Å². The second-order valence-corrected chi connectivity index (χ2v) is 11.8. The molecule has 0 spiro atoms. The molecule has 0 aromatic carbocycles. The van der Waals surface area contributed by atoms with Crippen LogP contribution in [0.4, 0.5) is 0 Å². The zero-order chi connectivity index (χ0) is 22.8. The normalized spacial score (nSPS) is 44.4. The highest BCUT2D eigenvalue weighted by molar-refractivity contribution is 6.01. The van der Waals surface area contributed by atoms with Crippen LogP contribution in [0.5, 0.6) is 0 Å². The highest BCUT2D eigenvalue weighted by atomic mass is 16.5. The summed E-state index contributed by atoms with van der Waals surface area (Å²) < 4.78 is 5.86. The molecule has 1 N–H and O–H groups in total. The molecule has 5 aliphatic rings. The fraction of sp³-hybridized carbons (Fsp3) is 0.714. The first-order valence-corrected chi connectivity index (χ1v) is 12.6. The number of fused-ring (bicyclic) bond motifs is 5. The fourth-order valence-corrected chi connectivity index (χ4v) is 8.70. The van der Waals surface area contributed by atoms with Crippen LogP contribution in [0.3, 0.4) is 0 Å². The van der Waals surface area contributed by atoms with Crippen LogP contribution < -0.4 is 0 Å². The van der Waals surface area contributed by atoms with Crippen LogP contribution in [0.2, 0.25) is 0 Å². The van der Waals surface area contributed by atoms with Crippen molar-refractivity contribution >= 4 is 11.8 Å². The Morgan fingerprint density at radius 2 is 1.94 bits per heavy atom. The van der Waals surface area contributed by atoms with E-state index in [0.717, 1.165) is 18.4 Å². The van der Waals surface area contributed by atoms with E-state index < -0.39 is 0 Å². The van der Waals surface area contributed by atoms with Crippen LogP contribution in [0.1, 0.15) is 72.6 Å². The van der Waals surface area contributed by atoms with Gasteiger partial charge in [0.2, 0.25) is 0 Å². The molecule has 0 aromatic heterocycles. The number of cyclic esters (lactones) is 1. The van der Waals surface area contributed by atoms with Gasteiger partial charge in [0.25, 0.3) is 0 Å². The predicted octanol–water partition coefficient (Wildman–Crippen LogP) is 5.17. The summed E-state index contributed by atoms with van der Waals surface area (Å²) in [5, 5.41) is 9.51. The number of esters is 1. The molecule has 0 aromatic rings. The van der Waals surface area contributed by atoms with Crippen LogP contribution >= 0.6 is 0 Å². The number of aliphatic hydroxyl groups excluding tert-OH is 1. The quantitative estimate of drug-likeness (QED) is 0.618. The summed E-state index contributed by atoms with van der Waals surface area (Å²) in [6, 6.07) is 0. The van der Waals surface area contributed by atoms with Gasteiger partial charge in [-0.2, -0.15) is 0 Å². The van der Waals surface area contributed by atoms with Gasteiger partial charge in [0, 0.05) is 11.8 Å². The van der Waals surface area contributed by atoms with Gasteiger partial charge in [0.1, 0.15) is 6.10 Å². The van der Waals surface area contributed by atoms with Crippen LogP contribution in [0, 0.1) is 40.4 Å². The lowest BCUT2D eigenvalue weighted by atomic mass is 9.47. The Bertz CT molecular complexity index is 926. The molecule has 4 nitrogen and oxygen atoms in total. The maximum absolute atomic E-state index is 12.4. The van der Waals surface area contributed by atoms with Crippen LogP contribution in [-0.4, -0.2) is 29.6 Å². The molecular weight excluding hydrogens is 400 g/mol. The highest BCUT2D eigenvalue weighted by Crippen LogP contribution is 2.67. The average molecular weight is 439 g/mol. The van der Waals surface area contributed by atoms with E-state index in [2.05, 4.69) is 26.8 Å². The Hall–Kier alpha value is -1.68. The van der Waals surface area contributed by atoms with Gasteiger partial charge in [-0.05, 0) is 92.6 Å². The lowest BCUT2D eigenvalue weighted by Crippen LogP contribution is -2.51. The van der Waals surface area contributed by atoms with Crippen molar-refractivity contribution in [3.05, 3.63) is 34.9 Å². The van der Waals surface area contributed by atoms with Gasteiger partial charge in [-0.25, -0.2) is 4.79 Å². The van der Waals surface area contributed by atoms with Gasteiger partial charge in [0.15, 0.2) is 5.78 Å². The monoisotopic (exact) mass is 438 g/mol. The summed E-state index contributed by atoms with van der Waals surface area (Å²) in [6.45, 7) is 8.91. The minimum Gasteiger partial charge on any atom is -0.458 e. The minimum absolute atomic E-state index is 0.0450. The average Bonchev–Trinajstić information content (AvgIpc) is 3.10. The highest BCUT2D eigenvalue weighted by Gasteiger charge is 2.59. The van der Waals surface area contributed by atoms with Gasteiger partial charge < -0.3 is 9.84 Å². The van der Waals surface area contributed by atoms with E-state index in [1.807, 2.05) is 13.0 Å². The Balaban J connectivity index is 1.37. The van der Waals surface area contributed by atoms with Crippen molar-refractivity contribution < 1.29 is 19.4 Å². The number of rotatable bonds is 3. The number of carbonyl (C=O) groups excluding carboxylic acids is 2. The molecule has 1 heterocycles. The Morgan fingerprint density at radius 3 is 2.66 bits per heavy atom. The second-order valence-electron chi connectivity index (χ2n) is 11.8. The van der Waals surface area contributed by atoms with Crippen molar-refractivity contribution in [1.82, 2.24) is 0 Å². The summed E-state index contributed by atoms with van der Waals surface area (Å²) in [6.07, 6.45) is 13.8. The Kier molecular flexibility index (Phi) is 5.31. The number of ether oxygens (including phenoxy) is 1. The zero-order valence-electron chi connectivity index (χ0n) is 20.0. The molecule has 0 amide bonds. The molecule has 0 bridgehead atoms. The molecule has 0 saturated heterocycles.